The highest BCUT2D eigenvalue weighted by molar-refractivity contribution is 6.29. The lowest BCUT2D eigenvalue weighted by Crippen LogP contribution is -2.34. The van der Waals surface area contributed by atoms with Crippen LogP contribution in [0.3, 0.4) is 0 Å². The van der Waals surface area contributed by atoms with Gasteiger partial charge in [0.05, 0.1) is 11.6 Å². The lowest BCUT2D eigenvalue weighted by molar-refractivity contribution is 0.0785. The molecule has 192 valence electrons. The minimum atomic E-state index is -0.903. The number of ether oxygens (including phenoxy) is 1. The zero-order valence-corrected chi connectivity index (χ0v) is 22.2. The van der Waals surface area contributed by atoms with Gasteiger partial charge < -0.3 is 20.1 Å². The van der Waals surface area contributed by atoms with Gasteiger partial charge in [-0.3, -0.25) is 4.99 Å². The van der Waals surface area contributed by atoms with E-state index in [4.69, 9.17) is 21.3 Å². The maximum absolute atomic E-state index is 10.6. The summed E-state index contributed by atoms with van der Waals surface area (Å²) in [6.45, 7) is 8.44. The van der Waals surface area contributed by atoms with Gasteiger partial charge in [0.2, 0.25) is 0 Å². The van der Waals surface area contributed by atoms with E-state index in [0.717, 1.165) is 67.4 Å². The molecule has 1 aromatic rings. The number of benzene rings is 1. The molecule has 1 aromatic carbocycles. The Labute approximate surface area is 220 Å². The van der Waals surface area contributed by atoms with Crippen molar-refractivity contribution in [1.82, 2.24) is 10.2 Å². The molecule has 1 aliphatic carbocycles. The van der Waals surface area contributed by atoms with Gasteiger partial charge in [-0.1, -0.05) is 41.5 Å². The molecule has 1 saturated heterocycles. The number of rotatable bonds is 7. The topological polar surface area (TPSA) is 57.1 Å². The van der Waals surface area contributed by atoms with Crippen LogP contribution in [0.15, 0.2) is 64.2 Å². The van der Waals surface area contributed by atoms with Gasteiger partial charge in [0.15, 0.2) is 0 Å². The van der Waals surface area contributed by atoms with Crippen molar-refractivity contribution in [1.29, 1.82) is 0 Å². The summed E-state index contributed by atoms with van der Waals surface area (Å²) in [5.41, 5.74) is 3.79. The smallest absolute Gasteiger partial charge is 0.126 e. The highest BCUT2D eigenvalue weighted by Gasteiger charge is 2.31. The van der Waals surface area contributed by atoms with Crippen LogP contribution in [-0.2, 0) is 5.60 Å². The van der Waals surface area contributed by atoms with Crippen LogP contribution in [0.4, 0.5) is 0 Å². The van der Waals surface area contributed by atoms with Gasteiger partial charge in [-0.25, -0.2) is 0 Å². The monoisotopic (exact) mass is 507 g/mol. The summed E-state index contributed by atoms with van der Waals surface area (Å²) >= 11 is 6.09. The summed E-state index contributed by atoms with van der Waals surface area (Å²) in [4.78, 5) is 7.28. The molecule has 6 heteroatoms. The Kier molecular flexibility index (Phi) is 7.82. The normalized spacial score (nSPS) is 27.2. The average molecular weight is 508 g/mol. The summed E-state index contributed by atoms with van der Waals surface area (Å²) in [7, 11) is 0. The number of dihydropyridines is 1. The largest absolute Gasteiger partial charge is 0.491 e. The van der Waals surface area contributed by atoms with Crippen LogP contribution in [-0.4, -0.2) is 61.1 Å². The van der Waals surface area contributed by atoms with Gasteiger partial charge in [0.25, 0.3) is 0 Å². The van der Waals surface area contributed by atoms with E-state index in [-0.39, 0.29) is 12.0 Å². The Hall–Kier alpha value is -2.18. The van der Waals surface area contributed by atoms with E-state index >= 15 is 0 Å². The van der Waals surface area contributed by atoms with Crippen LogP contribution in [0.5, 0.6) is 5.75 Å². The molecular formula is C30H38ClN3O2. The fourth-order valence-corrected chi connectivity index (χ4v) is 5.71. The molecule has 4 aliphatic rings. The van der Waals surface area contributed by atoms with E-state index in [9.17, 15) is 5.11 Å². The minimum Gasteiger partial charge on any atom is -0.491 e. The van der Waals surface area contributed by atoms with E-state index in [1.165, 1.54) is 17.6 Å². The molecule has 5 nitrogen and oxygen atoms in total. The number of halogens is 1. The van der Waals surface area contributed by atoms with E-state index in [0.29, 0.717) is 12.6 Å². The molecule has 1 fully saturated rings. The first kappa shape index (κ1) is 25.5. The van der Waals surface area contributed by atoms with Crippen molar-refractivity contribution in [3.63, 3.8) is 0 Å². The molecule has 3 aliphatic heterocycles. The molecule has 3 atom stereocenters. The summed E-state index contributed by atoms with van der Waals surface area (Å²) in [5, 5.41) is 15.4. The molecule has 5 rings (SSSR count). The Bertz CT molecular complexity index is 1110. The summed E-state index contributed by atoms with van der Waals surface area (Å²) in [5.74, 6) is 1.07. The first-order valence-corrected chi connectivity index (χ1v) is 13.6. The van der Waals surface area contributed by atoms with E-state index in [2.05, 4.69) is 34.5 Å². The Morgan fingerprint density at radius 2 is 2.17 bits per heavy atom. The number of nitrogens with zero attached hydrogens (tertiary/aromatic N) is 2. The van der Waals surface area contributed by atoms with Crippen molar-refractivity contribution < 1.29 is 9.84 Å². The fraction of sp³-hybridized carbons (Fsp3) is 0.500. The molecule has 0 spiro atoms. The highest BCUT2D eigenvalue weighted by atomic mass is 35.5. The maximum Gasteiger partial charge on any atom is 0.126 e. The summed E-state index contributed by atoms with van der Waals surface area (Å²) in [6, 6.07) is 6.70. The number of aliphatic hydroxyl groups is 1. The van der Waals surface area contributed by atoms with Crippen molar-refractivity contribution in [3.05, 3.63) is 70.3 Å². The number of hydrogen-bond donors (Lipinski definition) is 2. The van der Waals surface area contributed by atoms with Gasteiger partial charge in [-0.15, -0.1) is 0 Å². The van der Waals surface area contributed by atoms with Crippen LogP contribution in [0.25, 0.3) is 5.57 Å². The lowest BCUT2D eigenvalue weighted by Gasteiger charge is -2.24. The van der Waals surface area contributed by atoms with Crippen molar-refractivity contribution in [2.75, 3.05) is 32.8 Å². The third-order valence-corrected chi connectivity index (χ3v) is 8.06. The number of fused-ring (bicyclic) bond motifs is 2. The zero-order chi connectivity index (χ0) is 25.1. The number of aliphatic imine (C=N–C) groups is 1. The SMILES string of the molecule is CC(C)(O)c1ccc2c(c1)/C(=C/CCN1CC[C@H](NCC3=CC=C(Cl)CC3)C1)C1C=CC=NC1CO2. The van der Waals surface area contributed by atoms with E-state index in [1.54, 1.807) is 0 Å². The Balaban J connectivity index is 1.25. The number of hydrogen-bond acceptors (Lipinski definition) is 5. The van der Waals surface area contributed by atoms with Gasteiger partial charge >= 0.3 is 0 Å². The number of nitrogens with one attached hydrogen (secondary N) is 1. The predicted octanol–water partition coefficient (Wildman–Crippen LogP) is 5.21. The first-order valence-electron chi connectivity index (χ1n) is 13.3. The molecular weight excluding hydrogens is 470 g/mol. The number of likely N-dealkylation sites (tertiary alicyclic amines) is 1. The van der Waals surface area contributed by atoms with Crippen LogP contribution in [0.2, 0.25) is 0 Å². The minimum absolute atomic E-state index is 0.0819. The standard InChI is InChI=1S/C30H38ClN3O2/c1-30(2,35)22-9-12-29-27(17-22)25(26-5-3-14-32-28(26)20-36-29)6-4-15-34-16-13-24(19-34)33-18-21-7-10-23(31)11-8-21/h3,5-7,9-10,12,14,17,24,26,28,33,35H,4,8,11,13,15-16,18-20H2,1-2H3/b25-6+/t24-,26?,28?/m0/s1. The highest BCUT2D eigenvalue weighted by Crippen LogP contribution is 2.40. The van der Waals surface area contributed by atoms with Crippen molar-refractivity contribution in [2.45, 2.75) is 57.2 Å². The maximum atomic E-state index is 10.6. The van der Waals surface area contributed by atoms with Crippen LogP contribution in [0.1, 0.15) is 50.7 Å². The average Bonchev–Trinajstić information content (AvgIpc) is 3.26. The third kappa shape index (κ3) is 6.03. The second-order valence-corrected chi connectivity index (χ2v) is 11.4. The van der Waals surface area contributed by atoms with Crippen molar-refractivity contribution >= 4 is 23.4 Å². The molecule has 0 bridgehead atoms. The predicted molar refractivity (Wildman–Crippen MR) is 149 cm³/mol. The zero-order valence-electron chi connectivity index (χ0n) is 21.4. The van der Waals surface area contributed by atoms with Crippen LogP contribution in [0, 0.1) is 5.92 Å². The fourth-order valence-electron chi connectivity index (χ4n) is 5.55. The molecule has 2 unspecified atom stereocenters. The molecule has 0 amide bonds. The molecule has 3 heterocycles. The molecule has 0 aromatic heterocycles. The molecule has 36 heavy (non-hydrogen) atoms. The van der Waals surface area contributed by atoms with Gasteiger partial charge in [-0.2, -0.15) is 0 Å². The second-order valence-electron chi connectivity index (χ2n) is 10.9. The van der Waals surface area contributed by atoms with E-state index in [1.807, 2.05) is 44.3 Å². The Morgan fingerprint density at radius 3 is 2.97 bits per heavy atom. The molecule has 2 N–H and O–H groups in total. The third-order valence-electron chi connectivity index (χ3n) is 7.75. The van der Waals surface area contributed by atoms with E-state index < -0.39 is 5.60 Å². The van der Waals surface area contributed by atoms with Crippen molar-refractivity contribution in [3.8, 4) is 5.75 Å². The molecule has 0 saturated carbocycles. The van der Waals surface area contributed by atoms with Gasteiger partial charge in [0, 0.05) is 48.4 Å². The van der Waals surface area contributed by atoms with Gasteiger partial charge in [0.1, 0.15) is 12.4 Å². The number of allylic oxidation sites excluding steroid dienone is 4. The first-order chi connectivity index (χ1) is 17.4. The van der Waals surface area contributed by atoms with Crippen molar-refractivity contribution in [2.24, 2.45) is 10.9 Å². The van der Waals surface area contributed by atoms with Crippen LogP contribution < -0.4 is 10.1 Å². The van der Waals surface area contributed by atoms with Crippen LogP contribution >= 0.6 is 11.6 Å². The summed E-state index contributed by atoms with van der Waals surface area (Å²) in [6.07, 6.45) is 17.0. The van der Waals surface area contributed by atoms with Gasteiger partial charge in [-0.05, 0) is 81.5 Å². The quantitative estimate of drug-likeness (QED) is 0.531. The lowest BCUT2D eigenvalue weighted by atomic mass is 9.84. The molecule has 0 radical (unpaired) electrons. The second kappa shape index (κ2) is 11.1. The summed E-state index contributed by atoms with van der Waals surface area (Å²) < 4.78 is 6.19. The Morgan fingerprint density at radius 1 is 1.28 bits per heavy atom.